The zero-order valence-electron chi connectivity index (χ0n) is 7.51. The number of carbonyl (C=O) groups is 1. The Kier molecular flexibility index (Phi) is 2.51. The minimum atomic E-state index is -0.643. The molecule has 1 aliphatic heterocycles. The third-order valence-electron chi connectivity index (χ3n) is 1.55. The van der Waals surface area contributed by atoms with E-state index >= 15 is 0 Å². The van der Waals surface area contributed by atoms with Crippen molar-refractivity contribution in [3.63, 3.8) is 0 Å². The zero-order chi connectivity index (χ0) is 9.19. The summed E-state index contributed by atoms with van der Waals surface area (Å²) in [5, 5.41) is 0. The Labute approximate surface area is 72.0 Å². The summed E-state index contributed by atoms with van der Waals surface area (Å²) in [4.78, 5) is 11.2. The molecule has 0 unspecified atom stereocenters. The van der Waals surface area contributed by atoms with Crippen molar-refractivity contribution in [3.8, 4) is 11.8 Å². The summed E-state index contributed by atoms with van der Waals surface area (Å²) in [6, 6.07) is 0. The van der Waals surface area contributed by atoms with Gasteiger partial charge in [0.15, 0.2) is 11.9 Å². The monoisotopic (exact) mass is 168 g/mol. The fourth-order valence-electron chi connectivity index (χ4n) is 1.02. The normalized spacial score (nSPS) is 26.1. The van der Waals surface area contributed by atoms with Gasteiger partial charge in [-0.3, -0.25) is 4.79 Å². The van der Waals surface area contributed by atoms with Crippen LogP contribution in [0, 0.1) is 11.8 Å². The van der Waals surface area contributed by atoms with Gasteiger partial charge in [-0.05, 0) is 26.7 Å². The Morgan fingerprint density at radius 1 is 1.58 bits per heavy atom. The summed E-state index contributed by atoms with van der Waals surface area (Å²) < 4.78 is 10.5. The molecule has 0 amide bonds. The van der Waals surface area contributed by atoms with Gasteiger partial charge in [0.05, 0.1) is 6.61 Å². The highest BCUT2D eigenvalue weighted by Gasteiger charge is 2.36. The number of hydrogen-bond donors (Lipinski definition) is 0. The maximum atomic E-state index is 11.2. The van der Waals surface area contributed by atoms with Crippen molar-refractivity contribution < 1.29 is 14.3 Å². The molecule has 0 aliphatic carbocycles. The highest BCUT2D eigenvalue weighted by molar-refractivity contribution is 5.99. The van der Waals surface area contributed by atoms with E-state index in [1.54, 1.807) is 20.8 Å². The zero-order valence-corrected chi connectivity index (χ0v) is 7.51. The molecule has 0 aromatic rings. The first-order valence-electron chi connectivity index (χ1n) is 3.83. The molecular weight excluding hydrogens is 156 g/mol. The molecule has 0 saturated carbocycles. The van der Waals surface area contributed by atoms with Gasteiger partial charge in [-0.15, -0.1) is 0 Å². The number of hydrogen-bond acceptors (Lipinski definition) is 3. The van der Waals surface area contributed by atoms with Crippen LogP contribution in [0.15, 0.2) is 0 Å². The van der Waals surface area contributed by atoms with Crippen molar-refractivity contribution in [2.45, 2.75) is 32.7 Å². The average Bonchev–Trinajstić information content (AvgIpc) is 2.31. The predicted octanol–water partition coefficient (Wildman–Crippen LogP) is 0.730. The fraction of sp³-hybridized carbons (Fsp3) is 0.667. The largest absolute Gasteiger partial charge is 0.347 e. The second kappa shape index (κ2) is 3.26. The topological polar surface area (TPSA) is 35.5 Å². The van der Waals surface area contributed by atoms with Crippen molar-refractivity contribution >= 4 is 5.78 Å². The van der Waals surface area contributed by atoms with Gasteiger partial charge in [0.1, 0.15) is 0 Å². The molecule has 1 atom stereocenters. The van der Waals surface area contributed by atoms with Crippen molar-refractivity contribution in [3.05, 3.63) is 0 Å². The van der Waals surface area contributed by atoms with E-state index in [1.807, 2.05) is 0 Å². The lowest BCUT2D eigenvalue weighted by Gasteiger charge is -2.15. The summed E-state index contributed by atoms with van der Waals surface area (Å²) in [5.41, 5.74) is 0. The van der Waals surface area contributed by atoms with Crippen LogP contribution in [0.5, 0.6) is 0 Å². The van der Waals surface area contributed by atoms with Crippen LogP contribution in [0.3, 0.4) is 0 Å². The summed E-state index contributed by atoms with van der Waals surface area (Å²) in [6.45, 7) is 5.48. The van der Waals surface area contributed by atoms with Crippen molar-refractivity contribution in [2.75, 3.05) is 6.61 Å². The molecule has 66 valence electrons. The van der Waals surface area contributed by atoms with Gasteiger partial charge in [-0.2, -0.15) is 0 Å². The first kappa shape index (κ1) is 9.24. The van der Waals surface area contributed by atoms with E-state index in [9.17, 15) is 4.79 Å². The van der Waals surface area contributed by atoms with Crippen molar-refractivity contribution in [1.29, 1.82) is 0 Å². The van der Waals surface area contributed by atoms with Crippen LogP contribution in [0.2, 0.25) is 0 Å². The molecule has 3 heteroatoms. The third-order valence-corrected chi connectivity index (χ3v) is 1.55. The Hall–Kier alpha value is -0.850. The number of rotatable bonds is 1. The van der Waals surface area contributed by atoms with Crippen LogP contribution in [0.25, 0.3) is 0 Å². The Morgan fingerprint density at radius 2 is 2.25 bits per heavy atom. The molecule has 0 bridgehead atoms. The van der Waals surface area contributed by atoms with Gasteiger partial charge in [0.2, 0.25) is 5.78 Å². The lowest BCUT2D eigenvalue weighted by atomic mass is 10.2. The van der Waals surface area contributed by atoms with E-state index < -0.39 is 11.9 Å². The molecule has 3 nitrogen and oxygen atoms in total. The maximum absolute atomic E-state index is 11.2. The van der Waals surface area contributed by atoms with Crippen LogP contribution in [0.4, 0.5) is 0 Å². The van der Waals surface area contributed by atoms with Gasteiger partial charge in [-0.1, -0.05) is 5.92 Å². The Bertz CT molecular complexity index is 244. The van der Waals surface area contributed by atoms with Gasteiger partial charge in [-0.25, -0.2) is 0 Å². The first-order valence-corrected chi connectivity index (χ1v) is 3.83. The number of carbonyl (C=O) groups excluding carboxylic acids is 1. The molecular formula is C9H12O3. The molecule has 0 N–H and O–H groups in total. The minimum absolute atomic E-state index is 0.205. The number of ketones is 1. The number of Topliss-reactive ketones (excluding diaryl/α,β-unsaturated/α-hetero) is 1. The van der Waals surface area contributed by atoms with E-state index in [1.165, 1.54) is 0 Å². The molecule has 0 spiro atoms. The van der Waals surface area contributed by atoms with Crippen LogP contribution in [-0.4, -0.2) is 24.3 Å². The van der Waals surface area contributed by atoms with Crippen LogP contribution in [0.1, 0.15) is 20.8 Å². The number of ether oxygens (including phenoxy) is 2. The molecule has 1 aliphatic rings. The molecule has 0 radical (unpaired) electrons. The van der Waals surface area contributed by atoms with Crippen molar-refractivity contribution in [1.82, 2.24) is 0 Å². The Morgan fingerprint density at radius 3 is 2.67 bits per heavy atom. The lowest BCUT2D eigenvalue weighted by Crippen LogP contribution is -2.25. The molecule has 1 fully saturated rings. The quantitative estimate of drug-likeness (QED) is 0.427. The second-order valence-corrected chi connectivity index (χ2v) is 3.06. The van der Waals surface area contributed by atoms with E-state index in [-0.39, 0.29) is 5.78 Å². The fourth-order valence-corrected chi connectivity index (χ4v) is 1.02. The smallest absolute Gasteiger partial charge is 0.236 e. The summed E-state index contributed by atoms with van der Waals surface area (Å²) >= 11 is 0. The minimum Gasteiger partial charge on any atom is -0.347 e. The molecule has 1 heterocycles. The van der Waals surface area contributed by atoms with Gasteiger partial charge >= 0.3 is 0 Å². The molecule has 0 aromatic carbocycles. The first-order chi connectivity index (χ1) is 5.55. The molecule has 1 rings (SSSR count). The molecule has 12 heavy (non-hydrogen) atoms. The van der Waals surface area contributed by atoms with Gasteiger partial charge in [0.25, 0.3) is 0 Å². The van der Waals surface area contributed by atoms with Gasteiger partial charge < -0.3 is 9.47 Å². The predicted molar refractivity (Wildman–Crippen MR) is 43.4 cm³/mol. The second-order valence-electron chi connectivity index (χ2n) is 3.06. The van der Waals surface area contributed by atoms with Crippen LogP contribution >= 0.6 is 0 Å². The average molecular weight is 168 g/mol. The third kappa shape index (κ3) is 2.07. The standard InChI is InChI=1S/C9H12O3/c1-4-5-7(10)8-6-11-9(2,3)12-8/h8H,6H2,1-3H3/t8-/m0/s1. The highest BCUT2D eigenvalue weighted by atomic mass is 16.7. The van der Waals surface area contributed by atoms with E-state index in [0.717, 1.165) is 0 Å². The van der Waals surface area contributed by atoms with Gasteiger partial charge in [0, 0.05) is 0 Å². The van der Waals surface area contributed by atoms with Crippen LogP contribution in [-0.2, 0) is 14.3 Å². The summed E-state index contributed by atoms with van der Waals surface area (Å²) in [7, 11) is 0. The molecule has 0 aromatic heterocycles. The highest BCUT2D eigenvalue weighted by Crippen LogP contribution is 2.22. The summed E-state index contributed by atoms with van der Waals surface area (Å²) in [6.07, 6.45) is -0.507. The van der Waals surface area contributed by atoms with E-state index in [4.69, 9.17) is 9.47 Å². The Balaban J connectivity index is 2.56. The van der Waals surface area contributed by atoms with E-state index in [2.05, 4.69) is 11.8 Å². The lowest BCUT2D eigenvalue weighted by molar-refractivity contribution is -0.148. The maximum Gasteiger partial charge on any atom is 0.236 e. The van der Waals surface area contributed by atoms with E-state index in [0.29, 0.717) is 6.61 Å². The summed E-state index contributed by atoms with van der Waals surface area (Å²) in [5.74, 6) is 4.12. The SMILES string of the molecule is CC#CC(=O)[C@@H]1COC(C)(C)O1. The van der Waals surface area contributed by atoms with Crippen LogP contribution < -0.4 is 0 Å². The van der Waals surface area contributed by atoms with Crippen molar-refractivity contribution in [2.24, 2.45) is 0 Å². The molecule has 1 saturated heterocycles.